The first-order valence-electron chi connectivity index (χ1n) is 7.31. The second kappa shape index (κ2) is 7.35. The molecule has 0 saturated heterocycles. The maximum atomic E-state index is 12.4. The Kier molecular flexibility index (Phi) is 5.46. The molecule has 2 N–H and O–H groups in total. The normalized spacial score (nSPS) is 10.8. The molecule has 0 bridgehead atoms. The predicted molar refractivity (Wildman–Crippen MR) is 94.2 cm³/mol. The SMILES string of the molecule is COc1cccc(NC(=O)c2sccc2OC(=O)NC(C)(C)C)c1. The van der Waals surface area contributed by atoms with Crippen molar-refractivity contribution >= 4 is 29.0 Å². The van der Waals surface area contributed by atoms with Crippen molar-refractivity contribution in [1.82, 2.24) is 5.32 Å². The number of methoxy groups -OCH3 is 1. The Morgan fingerprint density at radius 3 is 2.58 bits per heavy atom. The van der Waals surface area contributed by atoms with Gasteiger partial charge in [-0.1, -0.05) is 6.07 Å². The number of benzene rings is 1. The van der Waals surface area contributed by atoms with Crippen LogP contribution in [-0.2, 0) is 0 Å². The van der Waals surface area contributed by atoms with Crippen molar-refractivity contribution in [1.29, 1.82) is 0 Å². The van der Waals surface area contributed by atoms with Gasteiger partial charge in [0, 0.05) is 17.3 Å². The molecule has 1 heterocycles. The molecule has 2 amide bonds. The van der Waals surface area contributed by atoms with Gasteiger partial charge in [0.15, 0.2) is 5.75 Å². The number of hydrogen-bond acceptors (Lipinski definition) is 5. The third kappa shape index (κ3) is 4.99. The van der Waals surface area contributed by atoms with E-state index in [0.29, 0.717) is 16.3 Å². The summed E-state index contributed by atoms with van der Waals surface area (Å²) in [6, 6.07) is 8.61. The van der Waals surface area contributed by atoms with Crippen LogP contribution in [0, 0.1) is 0 Å². The maximum absolute atomic E-state index is 12.4. The van der Waals surface area contributed by atoms with Gasteiger partial charge in [0.05, 0.1) is 7.11 Å². The van der Waals surface area contributed by atoms with Crippen molar-refractivity contribution in [3.8, 4) is 11.5 Å². The molecule has 6 nitrogen and oxygen atoms in total. The van der Waals surface area contributed by atoms with Crippen molar-refractivity contribution in [3.63, 3.8) is 0 Å². The average Bonchev–Trinajstić information content (AvgIpc) is 2.93. The van der Waals surface area contributed by atoms with E-state index in [4.69, 9.17) is 9.47 Å². The zero-order chi connectivity index (χ0) is 17.7. The van der Waals surface area contributed by atoms with E-state index in [1.165, 1.54) is 11.3 Å². The minimum atomic E-state index is -0.601. The summed E-state index contributed by atoms with van der Waals surface area (Å²) < 4.78 is 10.4. The number of rotatable bonds is 4. The van der Waals surface area contributed by atoms with E-state index >= 15 is 0 Å². The Labute approximate surface area is 144 Å². The second-order valence-electron chi connectivity index (χ2n) is 6.06. The van der Waals surface area contributed by atoms with Gasteiger partial charge in [-0.2, -0.15) is 0 Å². The zero-order valence-corrected chi connectivity index (χ0v) is 14.8. The number of nitrogens with one attached hydrogen (secondary N) is 2. The third-order valence-electron chi connectivity index (χ3n) is 2.84. The summed E-state index contributed by atoms with van der Waals surface area (Å²) in [6.07, 6.45) is -0.601. The molecular weight excluding hydrogens is 328 g/mol. The van der Waals surface area contributed by atoms with Gasteiger partial charge in [-0.25, -0.2) is 4.79 Å². The van der Waals surface area contributed by atoms with Gasteiger partial charge in [0.2, 0.25) is 0 Å². The van der Waals surface area contributed by atoms with Crippen LogP contribution in [0.1, 0.15) is 30.4 Å². The first-order chi connectivity index (χ1) is 11.3. The van der Waals surface area contributed by atoms with Crippen LogP contribution in [0.5, 0.6) is 11.5 Å². The molecule has 0 atom stereocenters. The lowest BCUT2D eigenvalue weighted by molar-refractivity contribution is 0.102. The largest absolute Gasteiger partial charge is 0.497 e. The molecule has 0 fully saturated rings. The van der Waals surface area contributed by atoms with Crippen LogP contribution < -0.4 is 20.1 Å². The van der Waals surface area contributed by atoms with E-state index in [-0.39, 0.29) is 11.7 Å². The highest BCUT2D eigenvalue weighted by Crippen LogP contribution is 2.27. The fraction of sp³-hybridized carbons (Fsp3) is 0.294. The smallest absolute Gasteiger partial charge is 0.413 e. The van der Waals surface area contributed by atoms with Crippen LogP contribution in [0.25, 0.3) is 0 Å². The molecular formula is C17H20N2O4S. The van der Waals surface area contributed by atoms with Gasteiger partial charge in [-0.15, -0.1) is 11.3 Å². The highest BCUT2D eigenvalue weighted by atomic mass is 32.1. The monoisotopic (exact) mass is 348 g/mol. The Bertz CT molecular complexity index is 734. The van der Waals surface area contributed by atoms with E-state index in [9.17, 15) is 9.59 Å². The summed E-state index contributed by atoms with van der Waals surface area (Å²) in [6.45, 7) is 5.54. The maximum Gasteiger partial charge on any atom is 0.413 e. The molecule has 0 spiro atoms. The molecule has 0 aliphatic rings. The fourth-order valence-electron chi connectivity index (χ4n) is 1.86. The summed E-state index contributed by atoms with van der Waals surface area (Å²) in [4.78, 5) is 24.6. The van der Waals surface area contributed by atoms with E-state index in [1.54, 1.807) is 42.8 Å². The Morgan fingerprint density at radius 2 is 1.92 bits per heavy atom. The molecule has 1 aromatic carbocycles. The summed E-state index contributed by atoms with van der Waals surface area (Å²) >= 11 is 1.20. The fourth-order valence-corrected chi connectivity index (χ4v) is 2.58. The van der Waals surface area contributed by atoms with E-state index in [0.717, 1.165) is 0 Å². The van der Waals surface area contributed by atoms with Crippen LogP contribution in [0.15, 0.2) is 35.7 Å². The van der Waals surface area contributed by atoms with E-state index in [2.05, 4.69) is 10.6 Å². The van der Waals surface area contributed by atoms with Crippen LogP contribution in [0.3, 0.4) is 0 Å². The Morgan fingerprint density at radius 1 is 1.17 bits per heavy atom. The average molecular weight is 348 g/mol. The highest BCUT2D eigenvalue weighted by Gasteiger charge is 2.20. The minimum absolute atomic E-state index is 0.224. The molecule has 0 unspecified atom stereocenters. The van der Waals surface area contributed by atoms with Crippen LogP contribution in [-0.4, -0.2) is 24.6 Å². The second-order valence-corrected chi connectivity index (χ2v) is 6.98. The molecule has 2 rings (SSSR count). The van der Waals surface area contributed by atoms with Crippen molar-refractivity contribution in [2.75, 3.05) is 12.4 Å². The number of thiophene rings is 1. The molecule has 0 saturated carbocycles. The molecule has 1 aromatic heterocycles. The number of carbonyl (C=O) groups excluding carboxylic acids is 2. The van der Waals surface area contributed by atoms with Gasteiger partial charge in [-0.05, 0) is 44.4 Å². The predicted octanol–water partition coefficient (Wildman–Crippen LogP) is 3.90. The molecule has 0 aliphatic carbocycles. The first-order valence-corrected chi connectivity index (χ1v) is 8.19. The number of carbonyl (C=O) groups is 2. The molecule has 2 aromatic rings. The van der Waals surface area contributed by atoms with Gasteiger partial charge in [0.25, 0.3) is 5.91 Å². The summed E-state index contributed by atoms with van der Waals surface area (Å²) in [7, 11) is 1.56. The zero-order valence-electron chi connectivity index (χ0n) is 14.0. The molecule has 24 heavy (non-hydrogen) atoms. The quantitative estimate of drug-likeness (QED) is 0.879. The van der Waals surface area contributed by atoms with Gasteiger partial charge >= 0.3 is 6.09 Å². The molecule has 7 heteroatoms. The lowest BCUT2D eigenvalue weighted by Crippen LogP contribution is -2.42. The van der Waals surface area contributed by atoms with Crippen molar-refractivity contribution in [3.05, 3.63) is 40.6 Å². The number of hydrogen-bond donors (Lipinski definition) is 2. The first kappa shape index (κ1) is 17.8. The number of amides is 2. The van der Waals surface area contributed by atoms with Crippen molar-refractivity contribution in [2.45, 2.75) is 26.3 Å². The lowest BCUT2D eigenvalue weighted by Gasteiger charge is -2.19. The number of ether oxygens (including phenoxy) is 2. The van der Waals surface area contributed by atoms with Crippen molar-refractivity contribution in [2.24, 2.45) is 0 Å². The Hall–Kier alpha value is -2.54. The van der Waals surface area contributed by atoms with Gasteiger partial charge in [0.1, 0.15) is 10.6 Å². The van der Waals surface area contributed by atoms with Crippen LogP contribution >= 0.6 is 11.3 Å². The highest BCUT2D eigenvalue weighted by molar-refractivity contribution is 7.12. The number of anilines is 1. The third-order valence-corrected chi connectivity index (χ3v) is 3.74. The summed E-state index contributed by atoms with van der Waals surface area (Å²) in [5.41, 5.74) is 0.175. The van der Waals surface area contributed by atoms with Crippen LogP contribution in [0.4, 0.5) is 10.5 Å². The Balaban J connectivity index is 2.08. The van der Waals surface area contributed by atoms with E-state index < -0.39 is 11.6 Å². The van der Waals surface area contributed by atoms with Gasteiger partial charge in [-0.3, -0.25) is 4.79 Å². The molecule has 0 aliphatic heterocycles. The molecule has 0 radical (unpaired) electrons. The van der Waals surface area contributed by atoms with Crippen LogP contribution in [0.2, 0.25) is 0 Å². The summed E-state index contributed by atoms with van der Waals surface area (Å²) in [5, 5.41) is 7.14. The lowest BCUT2D eigenvalue weighted by atomic mass is 10.1. The van der Waals surface area contributed by atoms with E-state index in [1.807, 2.05) is 20.8 Å². The minimum Gasteiger partial charge on any atom is -0.497 e. The molecule has 128 valence electrons. The van der Waals surface area contributed by atoms with Gasteiger partial charge < -0.3 is 20.1 Å². The topological polar surface area (TPSA) is 76.7 Å². The standard InChI is InChI=1S/C17H20N2O4S/c1-17(2,3)19-16(21)23-13-8-9-24-14(13)15(20)18-11-6-5-7-12(10-11)22-4/h5-10H,1-4H3,(H,18,20)(H,19,21). The summed E-state index contributed by atoms with van der Waals surface area (Å²) in [5.74, 6) is 0.513. The van der Waals surface area contributed by atoms with Crippen molar-refractivity contribution < 1.29 is 19.1 Å².